The maximum Gasteiger partial charge on any atom is 0.123 e. The van der Waals surface area contributed by atoms with E-state index in [9.17, 15) is 9.90 Å². The molecule has 2 aliphatic heterocycles. The van der Waals surface area contributed by atoms with Gasteiger partial charge in [0.05, 0.1) is 30.9 Å². The van der Waals surface area contributed by atoms with E-state index >= 15 is 0 Å². The highest BCUT2D eigenvalue weighted by molar-refractivity contribution is 9.11. The summed E-state index contributed by atoms with van der Waals surface area (Å²) >= 11 is 3.79. The smallest absolute Gasteiger partial charge is 0.123 e. The fraction of sp³-hybridized carbons (Fsp3) is 0.706. The number of aliphatic hydroxyl groups excluding tert-OH is 1. The highest BCUT2D eigenvalue weighted by atomic mass is 79.9. The predicted octanol–water partition coefficient (Wildman–Crippen LogP) is 2.51. The average molecular weight is 384 g/mol. The number of ether oxygens (including phenoxy) is 1. The highest BCUT2D eigenvalue weighted by Crippen LogP contribution is 2.62. The van der Waals surface area contributed by atoms with Gasteiger partial charge in [0.2, 0.25) is 0 Å². The summed E-state index contributed by atoms with van der Waals surface area (Å²) in [7, 11) is 1.66. The van der Waals surface area contributed by atoms with Crippen LogP contribution in [0.3, 0.4) is 0 Å². The van der Waals surface area contributed by atoms with Crippen LogP contribution in [0, 0.1) is 17.3 Å². The molecule has 4 rings (SSSR count). The topological polar surface area (TPSA) is 59.0 Å². The summed E-state index contributed by atoms with van der Waals surface area (Å²) in [5.74, 6) is 1.20. The third kappa shape index (κ3) is 2.22. The second-order valence-electron chi connectivity index (χ2n) is 7.14. The van der Waals surface area contributed by atoms with Gasteiger partial charge in [-0.3, -0.25) is 9.90 Å². The molecular weight excluding hydrogens is 362 g/mol. The summed E-state index contributed by atoms with van der Waals surface area (Å²) in [6.45, 7) is 0.699. The van der Waals surface area contributed by atoms with Crippen LogP contribution in [0.2, 0.25) is 0 Å². The molecule has 2 aliphatic carbocycles. The van der Waals surface area contributed by atoms with Crippen molar-refractivity contribution in [1.82, 2.24) is 5.06 Å². The maximum absolute atomic E-state index is 11.5. The number of hydrogen-bond donors (Lipinski definition) is 1. The maximum atomic E-state index is 11.5. The summed E-state index contributed by atoms with van der Waals surface area (Å²) in [5, 5.41) is 12.1. The van der Waals surface area contributed by atoms with Crippen molar-refractivity contribution in [3.63, 3.8) is 0 Å². The number of carbonyl (C=O) groups excluding carboxylic acids is 1. The standard InChI is InChI=1S/C17H22BrNO4/c1-22-19-7-11-4-12(21)5-13-16(11)17(14(18)8-19)6-10(9-20)2-3-15(17)23-13/h8-12,15,21H,2-7H2,1H3. The van der Waals surface area contributed by atoms with Gasteiger partial charge < -0.3 is 14.6 Å². The first-order valence-corrected chi connectivity index (χ1v) is 9.10. The molecule has 0 saturated heterocycles. The van der Waals surface area contributed by atoms with Crippen LogP contribution in [0.4, 0.5) is 0 Å². The molecule has 5 nitrogen and oxygen atoms in total. The van der Waals surface area contributed by atoms with Gasteiger partial charge in [0, 0.05) is 28.9 Å². The molecular formula is C17H22BrNO4. The van der Waals surface area contributed by atoms with E-state index in [1.165, 1.54) is 5.57 Å². The summed E-state index contributed by atoms with van der Waals surface area (Å²) in [5.41, 5.74) is 1.03. The van der Waals surface area contributed by atoms with Gasteiger partial charge in [0.15, 0.2) is 0 Å². The van der Waals surface area contributed by atoms with E-state index in [1.807, 2.05) is 11.3 Å². The zero-order chi connectivity index (χ0) is 16.2. The Bertz CT molecular complexity index is 589. The number of rotatable bonds is 2. The van der Waals surface area contributed by atoms with Crippen LogP contribution in [0.5, 0.6) is 0 Å². The van der Waals surface area contributed by atoms with Crippen molar-refractivity contribution in [2.45, 2.75) is 44.3 Å². The number of carbonyl (C=O) groups is 1. The SMILES string of the molecule is CON1C=C(Br)C23CC(C=O)CCC2OC2=C3C(CC(O)C2)C1. The molecule has 126 valence electrons. The first-order valence-electron chi connectivity index (χ1n) is 8.30. The molecule has 1 fully saturated rings. The Morgan fingerprint density at radius 1 is 1.52 bits per heavy atom. The molecule has 23 heavy (non-hydrogen) atoms. The summed E-state index contributed by atoms with van der Waals surface area (Å²) < 4.78 is 7.34. The van der Waals surface area contributed by atoms with E-state index < -0.39 is 0 Å². The highest BCUT2D eigenvalue weighted by Gasteiger charge is 2.59. The molecule has 1 N–H and O–H groups in total. The van der Waals surface area contributed by atoms with Crippen molar-refractivity contribution >= 4 is 22.2 Å². The first kappa shape index (κ1) is 15.7. The average Bonchev–Trinajstić information content (AvgIpc) is 2.81. The minimum absolute atomic E-state index is 0.0546. The van der Waals surface area contributed by atoms with Crippen molar-refractivity contribution in [3.8, 4) is 0 Å². The molecule has 0 aromatic heterocycles. The van der Waals surface area contributed by atoms with Gasteiger partial charge in [-0.05, 0) is 31.3 Å². The molecule has 0 bridgehead atoms. The van der Waals surface area contributed by atoms with Crippen molar-refractivity contribution in [2.75, 3.05) is 13.7 Å². The number of hydroxylamine groups is 2. The van der Waals surface area contributed by atoms with Gasteiger partial charge in [0.1, 0.15) is 12.4 Å². The second-order valence-corrected chi connectivity index (χ2v) is 8.00. The van der Waals surface area contributed by atoms with Gasteiger partial charge in [-0.15, -0.1) is 0 Å². The van der Waals surface area contributed by atoms with Crippen molar-refractivity contribution < 1.29 is 19.5 Å². The lowest BCUT2D eigenvalue weighted by Gasteiger charge is -2.43. The number of halogens is 1. The minimum atomic E-state index is -0.367. The quantitative estimate of drug-likeness (QED) is 0.742. The van der Waals surface area contributed by atoms with E-state index in [2.05, 4.69) is 15.9 Å². The van der Waals surface area contributed by atoms with Crippen LogP contribution >= 0.6 is 15.9 Å². The summed E-state index contributed by atoms with van der Waals surface area (Å²) in [6, 6.07) is 0. The van der Waals surface area contributed by atoms with Gasteiger partial charge in [0.25, 0.3) is 0 Å². The monoisotopic (exact) mass is 383 g/mol. The molecule has 0 amide bonds. The zero-order valence-corrected chi connectivity index (χ0v) is 14.8. The van der Waals surface area contributed by atoms with E-state index in [-0.39, 0.29) is 29.5 Å². The Balaban J connectivity index is 1.86. The Morgan fingerprint density at radius 3 is 3.09 bits per heavy atom. The normalized spacial score (nSPS) is 42.4. The van der Waals surface area contributed by atoms with Crippen molar-refractivity contribution in [2.24, 2.45) is 17.3 Å². The number of nitrogens with zero attached hydrogens (tertiary/aromatic N) is 1. The fourth-order valence-corrected chi connectivity index (χ4v) is 5.84. The van der Waals surface area contributed by atoms with E-state index in [1.54, 1.807) is 7.11 Å². The van der Waals surface area contributed by atoms with Crippen LogP contribution in [0.1, 0.15) is 32.1 Å². The molecule has 0 radical (unpaired) electrons. The Labute approximate surface area is 144 Å². The van der Waals surface area contributed by atoms with Crippen LogP contribution in [-0.4, -0.2) is 42.3 Å². The first-order chi connectivity index (χ1) is 11.1. The number of aldehydes is 1. The summed E-state index contributed by atoms with van der Waals surface area (Å²) in [4.78, 5) is 16.9. The molecule has 1 spiro atoms. The largest absolute Gasteiger partial charge is 0.493 e. The van der Waals surface area contributed by atoms with Gasteiger partial charge in [-0.1, -0.05) is 15.9 Å². The summed E-state index contributed by atoms with van der Waals surface area (Å²) in [6.07, 6.45) is 6.60. The van der Waals surface area contributed by atoms with Crippen molar-refractivity contribution in [3.05, 3.63) is 22.0 Å². The van der Waals surface area contributed by atoms with E-state index in [0.717, 1.165) is 42.2 Å². The second kappa shape index (κ2) is 5.60. The lowest BCUT2D eigenvalue weighted by atomic mass is 9.61. The van der Waals surface area contributed by atoms with Gasteiger partial charge in [-0.25, -0.2) is 0 Å². The molecule has 0 aromatic carbocycles. The van der Waals surface area contributed by atoms with Crippen LogP contribution < -0.4 is 0 Å². The fourth-order valence-electron chi connectivity index (χ4n) is 4.98. The Kier molecular flexibility index (Phi) is 3.82. The third-order valence-electron chi connectivity index (χ3n) is 5.90. The molecule has 5 atom stereocenters. The zero-order valence-electron chi connectivity index (χ0n) is 13.2. The molecule has 1 saturated carbocycles. The van der Waals surface area contributed by atoms with Gasteiger partial charge in [-0.2, -0.15) is 0 Å². The molecule has 5 unspecified atom stereocenters. The number of hydrogen-bond acceptors (Lipinski definition) is 5. The molecule has 4 aliphatic rings. The Hall–Kier alpha value is -0.850. The number of aliphatic hydroxyl groups is 1. The van der Waals surface area contributed by atoms with Crippen LogP contribution in [0.25, 0.3) is 0 Å². The van der Waals surface area contributed by atoms with Crippen LogP contribution in [0.15, 0.2) is 22.0 Å². The Morgan fingerprint density at radius 2 is 2.35 bits per heavy atom. The van der Waals surface area contributed by atoms with E-state index in [4.69, 9.17) is 9.57 Å². The molecule has 2 heterocycles. The lowest BCUT2D eigenvalue weighted by molar-refractivity contribution is -0.113. The minimum Gasteiger partial charge on any atom is -0.493 e. The van der Waals surface area contributed by atoms with E-state index in [0.29, 0.717) is 13.0 Å². The van der Waals surface area contributed by atoms with Crippen LogP contribution in [-0.2, 0) is 14.4 Å². The van der Waals surface area contributed by atoms with Gasteiger partial charge >= 0.3 is 0 Å². The van der Waals surface area contributed by atoms with Crippen molar-refractivity contribution in [1.29, 1.82) is 0 Å². The predicted molar refractivity (Wildman–Crippen MR) is 87.2 cm³/mol. The lowest BCUT2D eigenvalue weighted by Crippen LogP contribution is -2.42. The third-order valence-corrected chi connectivity index (χ3v) is 6.81. The molecule has 6 heteroatoms. The molecule has 0 aromatic rings.